The molecule has 0 aliphatic heterocycles. The molecular weight excluding hydrogens is 256 g/mol. The quantitative estimate of drug-likeness (QED) is 0.708. The van der Waals surface area contributed by atoms with Crippen LogP contribution in [0.25, 0.3) is 22.0 Å². The van der Waals surface area contributed by atoms with Gasteiger partial charge in [-0.05, 0) is 30.2 Å². The number of rotatable bonds is 1. The first-order valence-corrected chi connectivity index (χ1v) is 6.45. The molecule has 94 valence electrons. The molecule has 0 atom stereocenters. The molecule has 2 aromatic carbocycles. The number of hydrogen-bond acceptors (Lipinski definition) is 2. The van der Waals surface area contributed by atoms with Crippen molar-refractivity contribution in [2.24, 2.45) is 0 Å². The molecule has 0 aliphatic carbocycles. The third kappa shape index (κ3) is 2.04. The summed E-state index contributed by atoms with van der Waals surface area (Å²) in [6, 6.07) is 15.8. The van der Waals surface area contributed by atoms with E-state index in [-0.39, 0.29) is 0 Å². The largest absolute Gasteiger partial charge is 0.383 e. The van der Waals surface area contributed by atoms with Gasteiger partial charge < -0.3 is 5.73 Å². The predicted molar refractivity (Wildman–Crippen MR) is 81.3 cm³/mol. The first kappa shape index (κ1) is 12.0. The Hall–Kier alpha value is -2.06. The van der Waals surface area contributed by atoms with E-state index in [0.29, 0.717) is 10.8 Å². The number of nitrogens with zero attached hydrogens (tertiary/aromatic N) is 1. The molecule has 2 N–H and O–H groups in total. The number of nitrogen functional groups attached to an aromatic ring is 1. The molecule has 0 bridgehead atoms. The fourth-order valence-electron chi connectivity index (χ4n) is 2.23. The van der Waals surface area contributed by atoms with Gasteiger partial charge in [-0.2, -0.15) is 0 Å². The lowest BCUT2D eigenvalue weighted by atomic mass is 10.0. The van der Waals surface area contributed by atoms with E-state index in [2.05, 4.69) is 4.98 Å². The molecule has 19 heavy (non-hydrogen) atoms. The second-order valence-corrected chi connectivity index (χ2v) is 4.95. The van der Waals surface area contributed by atoms with Gasteiger partial charge in [0, 0.05) is 10.9 Å². The summed E-state index contributed by atoms with van der Waals surface area (Å²) in [5.41, 5.74) is 9.99. The molecule has 3 heteroatoms. The zero-order chi connectivity index (χ0) is 13.4. The van der Waals surface area contributed by atoms with Crippen LogP contribution in [0.3, 0.4) is 0 Å². The van der Waals surface area contributed by atoms with Gasteiger partial charge in [0.15, 0.2) is 0 Å². The summed E-state index contributed by atoms with van der Waals surface area (Å²) in [4.78, 5) is 4.51. The van der Waals surface area contributed by atoms with Gasteiger partial charge in [0.05, 0.1) is 10.5 Å². The fraction of sp³-hybridized carbons (Fsp3) is 0.0625. The number of pyridine rings is 1. The molecule has 0 radical (unpaired) electrons. The molecule has 2 nitrogen and oxygen atoms in total. The number of hydrogen-bond donors (Lipinski definition) is 1. The van der Waals surface area contributed by atoms with Crippen molar-refractivity contribution in [1.29, 1.82) is 0 Å². The van der Waals surface area contributed by atoms with Crippen LogP contribution in [0.15, 0.2) is 48.5 Å². The van der Waals surface area contributed by atoms with E-state index >= 15 is 0 Å². The van der Waals surface area contributed by atoms with Gasteiger partial charge >= 0.3 is 0 Å². The van der Waals surface area contributed by atoms with Crippen LogP contribution in [0.5, 0.6) is 0 Å². The van der Waals surface area contributed by atoms with E-state index in [4.69, 9.17) is 17.3 Å². The smallest absolute Gasteiger partial charge is 0.132 e. The molecule has 0 saturated heterocycles. The highest BCUT2D eigenvalue weighted by Crippen LogP contribution is 2.32. The van der Waals surface area contributed by atoms with Gasteiger partial charge in [-0.25, -0.2) is 4.98 Å². The van der Waals surface area contributed by atoms with Crippen LogP contribution < -0.4 is 5.73 Å². The SMILES string of the molecule is Cc1ccc(Cl)c2cc(-c3ccccc3)c(N)nc12. The molecule has 3 aromatic rings. The van der Waals surface area contributed by atoms with Crippen molar-refractivity contribution in [1.82, 2.24) is 4.98 Å². The Kier molecular flexibility index (Phi) is 2.88. The molecule has 1 heterocycles. The van der Waals surface area contributed by atoms with Crippen LogP contribution in [0, 0.1) is 6.92 Å². The molecular formula is C16H13ClN2. The normalized spacial score (nSPS) is 10.8. The molecule has 0 spiro atoms. The van der Waals surface area contributed by atoms with Crippen LogP contribution in [0.4, 0.5) is 5.82 Å². The minimum Gasteiger partial charge on any atom is -0.383 e. The standard InChI is InChI=1S/C16H13ClN2/c1-10-7-8-14(17)13-9-12(16(18)19-15(10)13)11-5-3-2-4-6-11/h2-9H,1H3,(H2,18,19). The summed E-state index contributed by atoms with van der Waals surface area (Å²) in [5, 5.41) is 1.64. The molecule has 0 aliphatic rings. The predicted octanol–water partition coefficient (Wildman–Crippen LogP) is 4.45. The number of benzene rings is 2. The van der Waals surface area contributed by atoms with E-state index in [9.17, 15) is 0 Å². The van der Waals surface area contributed by atoms with Gasteiger partial charge in [0.1, 0.15) is 5.82 Å². The first-order valence-electron chi connectivity index (χ1n) is 6.07. The lowest BCUT2D eigenvalue weighted by Crippen LogP contribution is -1.96. The molecule has 1 aromatic heterocycles. The maximum atomic E-state index is 6.26. The Morgan fingerprint density at radius 2 is 1.79 bits per heavy atom. The highest BCUT2D eigenvalue weighted by molar-refractivity contribution is 6.35. The lowest BCUT2D eigenvalue weighted by Gasteiger charge is -2.10. The van der Waals surface area contributed by atoms with Crippen molar-refractivity contribution in [2.75, 3.05) is 5.73 Å². The van der Waals surface area contributed by atoms with E-state index in [1.165, 1.54) is 0 Å². The average Bonchev–Trinajstić information content (AvgIpc) is 2.44. The van der Waals surface area contributed by atoms with Gasteiger partial charge in [-0.1, -0.05) is 48.0 Å². The zero-order valence-corrected chi connectivity index (χ0v) is 11.3. The molecule has 0 amide bonds. The highest BCUT2D eigenvalue weighted by atomic mass is 35.5. The maximum Gasteiger partial charge on any atom is 0.132 e. The van der Waals surface area contributed by atoms with Crippen LogP contribution in [-0.2, 0) is 0 Å². The van der Waals surface area contributed by atoms with Gasteiger partial charge in [-0.3, -0.25) is 0 Å². The van der Waals surface area contributed by atoms with E-state index in [0.717, 1.165) is 27.6 Å². The molecule has 0 fully saturated rings. The number of anilines is 1. The second-order valence-electron chi connectivity index (χ2n) is 4.55. The van der Waals surface area contributed by atoms with Crippen LogP contribution in [0.2, 0.25) is 5.02 Å². The average molecular weight is 269 g/mol. The zero-order valence-electron chi connectivity index (χ0n) is 10.5. The van der Waals surface area contributed by atoms with Gasteiger partial charge in [0.2, 0.25) is 0 Å². The molecule has 3 rings (SSSR count). The third-order valence-corrected chi connectivity index (χ3v) is 3.58. The Morgan fingerprint density at radius 1 is 1.05 bits per heavy atom. The Morgan fingerprint density at radius 3 is 2.53 bits per heavy atom. The van der Waals surface area contributed by atoms with E-state index in [1.54, 1.807) is 0 Å². The van der Waals surface area contributed by atoms with Crippen molar-refractivity contribution in [3.63, 3.8) is 0 Å². The van der Waals surface area contributed by atoms with Crippen molar-refractivity contribution in [3.05, 3.63) is 59.1 Å². The Bertz CT molecular complexity index is 752. The summed E-state index contributed by atoms with van der Waals surface area (Å²) in [7, 11) is 0. The minimum absolute atomic E-state index is 0.532. The van der Waals surface area contributed by atoms with Crippen LogP contribution in [0.1, 0.15) is 5.56 Å². The van der Waals surface area contributed by atoms with Crippen LogP contribution >= 0.6 is 11.6 Å². The highest BCUT2D eigenvalue weighted by Gasteiger charge is 2.10. The molecule has 0 unspecified atom stereocenters. The van der Waals surface area contributed by atoms with Crippen molar-refractivity contribution >= 4 is 28.3 Å². The van der Waals surface area contributed by atoms with Gasteiger partial charge in [0.25, 0.3) is 0 Å². The lowest BCUT2D eigenvalue weighted by molar-refractivity contribution is 1.37. The minimum atomic E-state index is 0.532. The third-order valence-electron chi connectivity index (χ3n) is 3.25. The number of aromatic nitrogens is 1. The number of nitrogens with two attached hydrogens (primary N) is 1. The maximum absolute atomic E-state index is 6.26. The van der Waals surface area contributed by atoms with Crippen molar-refractivity contribution in [2.45, 2.75) is 6.92 Å². The van der Waals surface area contributed by atoms with Gasteiger partial charge in [-0.15, -0.1) is 0 Å². The fourth-order valence-corrected chi connectivity index (χ4v) is 2.43. The first-order chi connectivity index (χ1) is 9.16. The summed E-state index contributed by atoms with van der Waals surface area (Å²) in [6.07, 6.45) is 0. The van der Waals surface area contributed by atoms with E-state index in [1.807, 2.05) is 55.5 Å². The number of fused-ring (bicyclic) bond motifs is 1. The van der Waals surface area contributed by atoms with E-state index < -0.39 is 0 Å². The summed E-state index contributed by atoms with van der Waals surface area (Å²) in [6.45, 7) is 2.01. The second kappa shape index (κ2) is 4.56. The summed E-state index contributed by atoms with van der Waals surface area (Å²) in [5.74, 6) is 0.532. The summed E-state index contributed by atoms with van der Waals surface area (Å²) >= 11 is 6.26. The van der Waals surface area contributed by atoms with Crippen molar-refractivity contribution < 1.29 is 0 Å². The molecule has 0 saturated carbocycles. The number of aryl methyl sites for hydroxylation is 1. The summed E-state index contributed by atoms with van der Waals surface area (Å²) < 4.78 is 0. The van der Waals surface area contributed by atoms with Crippen molar-refractivity contribution in [3.8, 4) is 11.1 Å². The van der Waals surface area contributed by atoms with Crippen LogP contribution in [-0.4, -0.2) is 4.98 Å². The Balaban J connectivity index is 2.34. The Labute approximate surface area is 116 Å². The monoisotopic (exact) mass is 268 g/mol. The topological polar surface area (TPSA) is 38.9 Å². The number of halogens is 1.